The Morgan fingerprint density at radius 3 is 2.48 bits per heavy atom. The Morgan fingerprint density at radius 1 is 1.00 bits per heavy atom. The van der Waals surface area contributed by atoms with Gasteiger partial charge in [0, 0.05) is 32.7 Å². The Balaban J connectivity index is 1.34. The molecule has 10 heteroatoms. The molecule has 152 valence electrons. The molecule has 4 rings (SSSR count). The maximum atomic E-state index is 11.4. The number of anilines is 2. The van der Waals surface area contributed by atoms with Crippen molar-refractivity contribution in [2.24, 2.45) is 0 Å². The fourth-order valence-electron chi connectivity index (χ4n) is 3.29. The van der Waals surface area contributed by atoms with Crippen LogP contribution in [0.5, 0.6) is 0 Å². The quantitative estimate of drug-likeness (QED) is 0.652. The third-order valence-electron chi connectivity index (χ3n) is 4.67. The Bertz CT molecular complexity index is 1060. The van der Waals surface area contributed by atoms with Gasteiger partial charge in [-0.1, -0.05) is 29.5 Å². The minimum atomic E-state index is -3.34. The molecule has 0 atom stereocenters. The van der Waals surface area contributed by atoms with E-state index in [2.05, 4.69) is 29.8 Å². The van der Waals surface area contributed by atoms with Crippen LogP contribution in [0.2, 0.25) is 0 Å². The summed E-state index contributed by atoms with van der Waals surface area (Å²) >= 11 is 0. The van der Waals surface area contributed by atoms with E-state index in [-0.39, 0.29) is 0 Å². The monoisotopic (exact) mass is 413 g/mol. The molecule has 1 saturated heterocycles. The van der Waals surface area contributed by atoms with Gasteiger partial charge in [-0.3, -0.25) is 9.62 Å². The Kier molecular flexibility index (Phi) is 5.45. The molecule has 2 aromatic heterocycles. The van der Waals surface area contributed by atoms with Crippen molar-refractivity contribution in [3.63, 3.8) is 0 Å². The fourth-order valence-corrected chi connectivity index (χ4v) is 3.78. The summed E-state index contributed by atoms with van der Waals surface area (Å²) in [5.74, 6) is 1.11. The summed E-state index contributed by atoms with van der Waals surface area (Å²) in [7, 11) is -3.34. The molecule has 9 nitrogen and oxygen atoms in total. The number of sulfonamides is 1. The van der Waals surface area contributed by atoms with E-state index >= 15 is 0 Å². The van der Waals surface area contributed by atoms with Crippen LogP contribution in [-0.2, 0) is 16.6 Å². The van der Waals surface area contributed by atoms with E-state index < -0.39 is 10.0 Å². The molecule has 0 aliphatic carbocycles. The van der Waals surface area contributed by atoms with Crippen LogP contribution in [0.4, 0.5) is 11.6 Å². The largest absolute Gasteiger partial charge is 0.354 e. The molecular formula is C19H23N7O2S. The molecule has 0 spiro atoms. The number of benzene rings is 1. The molecule has 1 N–H and O–H groups in total. The minimum Gasteiger partial charge on any atom is -0.354 e. The minimum absolute atomic E-state index is 0.338. The van der Waals surface area contributed by atoms with Crippen LogP contribution in [0.3, 0.4) is 0 Å². The van der Waals surface area contributed by atoms with Gasteiger partial charge in [0.05, 0.1) is 23.8 Å². The maximum Gasteiger partial charge on any atom is 0.230 e. The van der Waals surface area contributed by atoms with E-state index in [9.17, 15) is 8.42 Å². The van der Waals surface area contributed by atoms with Gasteiger partial charge < -0.3 is 4.90 Å². The summed E-state index contributed by atoms with van der Waals surface area (Å²) in [6, 6.07) is 15.3. The number of nitrogens with one attached hydrogen (secondary N) is 1. The third kappa shape index (κ3) is 5.09. The highest BCUT2D eigenvalue weighted by molar-refractivity contribution is 7.92. The molecule has 0 amide bonds. The van der Waals surface area contributed by atoms with E-state index in [1.807, 2.05) is 48.7 Å². The fraction of sp³-hybridized carbons (Fsp3) is 0.316. The lowest BCUT2D eigenvalue weighted by atomic mass is 10.3. The lowest BCUT2D eigenvalue weighted by Crippen LogP contribution is -2.46. The predicted molar refractivity (Wildman–Crippen MR) is 112 cm³/mol. The summed E-state index contributed by atoms with van der Waals surface area (Å²) < 4.78 is 27.0. The average molecular weight is 414 g/mol. The molecule has 0 saturated carbocycles. The molecule has 1 aliphatic rings. The number of rotatable bonds is 6. The Hall–Kier alpha value is -2.98. The number of aromatic nitrogens is 4. The lowest BCUT2D eigenvalue weighted by molar-refractivity contribution is 0.246. The molecule has 3 heterocycles. The second-order valence-electron chi connectivity index (χ2n) is 7.01. The zero-order valence-corrected chi connectivity index (χ0v) is 17.0. The summed E-state index contributed by atoms with van der Waals surface area (Å²) in [5, 5.41) is 8.51. The van der Waals surface area contributed by atoms with Gasteiger partial charge in [-0.2, -0.15) is 0 Å². The summed E-state index contributed by atoms with van der Waals surface area (Å²) in [5.41, 5.74) is 1.92. The first-order valence-corrected chi connectivity index (χ1v) is 11.2. The SMILES string of the molecule is CS(=O)(=O)Nc1cccc(N2CCN(Cc3cn(-c4ccccc4)nn3)CC2)n1. The van der Waals surface area contributed by atoms with Crippen molar-refractivity contribution in [2.45, 2.75) is 6.54 Å². The zero-order valence-electron chi connectivity index (χ0n) is 16.1. The van der Waals surface area contributed by atoms with Crippen molar-refractivity contribution >= 4 is 21.7 Å². The summed E-state index contributed by atoms with van der Waals surface area (Å²) in [4.78, 5) is 8.90. The first-order valence-electron chi connectivity index (χ1n) is 9.35. The van der Waals surface area contributed by atoms with Crippen molar-refractivity contribution in [2.75, 3.05) is 42.1 Å². The first-order chi connectivity index (χ1) is 14.0. The second kappa shape index (κ2) is 8.18. The number of hydrogen-bond acceptors (Lipinski definition) is 7. The lowest BCUT2D eigenvalue weighted by Gasteiger charge is -2.35. The topological polar surface area (TPSA) is 96.2 Å². The Labute approximate surface area is 170 Å². The van der Waals surface area contributed by atoms with Crippen molar-refractivity contribution in [1.82, 2.24) is 24.9 Å². The van der Waals surface area contributed by atoms with Crippen LogP contribution in [-0.4, -0.2) is 65.7 Å². The highest BCUT2D eigenvalue weighted by Crippen LogP contribution is 2.18. The molecule has 1 aromatic carbocycles. The van der Waals surface area contributed by atoms with Crippen LogP contribution >= 0.6 is 0 Å². The van der Waals surface area contributed by atoms with Gasteiger partial charge in [-0.05, 0) is 24.3 Å². The van der Waals surface area contributed by atoms with Crippen LogP contribution in [0, 0.1) is 0 Å². The number of pyridine rings is 1. The van der Waals surface area contributed by atoms with E-state index in [4.69, 9.17) is 0 Å². The van der Waals surface area contributed by atoms with Gasteiger partial charge >= 0.3 is 0 Å². The number of piperazine rings is 1. The highest BCUT2D eigenvalue weighted by atomic mass is 32.2. The maximum absolute atomic E-state index is 11.4. The molecule has 0 bridgehead atoms. The molecule has 0 unspecified atom stereocenters. The van der Waals surface area contributed by atoms with Crippen LogP contribution < -0.4 is 9.62 Å². The average Bonchev–Trinajstić information content (AvgIpc) is 3.17. The van der Waals surface area contributed by atoms with Gasteiger partial charge in [0.25, 0.3) is 0 Å². The normalized spacial score (nSPS) is 15.4. The van der Waals surface area contributed by atoms with Crippen molar-refractivity contribution in [1.29, 1.82) is 0 Å². The number of nitrogens with zero attached hydrogens (tertiary/aromatic N) is 6. The van der Waals surface area contributed by atoms with Crippen molar-refractivity contribution in [3.8, 4) is 5.69 Å². The highest BCUT2D eigenvalue weighted by Gasteiger charge is 2.19. The predicted octanol–water partition coefficient (Wildman–Crippen LogP) is 1.36. The van der Waals surface area contributed by atoms with Gasteiger partial charge in [0.15, 0.2) is 0 Å². The van der Waals surface area contributed by atoms with Gasteiger partial charge in [-0.25, -0.2) is 18.1 Å². The van der Waals surface area contributed by atoms with E-state index in [0.29, 0.717) is 5.82 Å². The van der Waals surface area contributed by atoms with Gasteiger partial charge in [-0.15, -0.1) is 5.10 Å². The smallest absolute Gasteiger partial charge is 0.230 e. The van der Waals surface area contributed by atoms with Crippen LogP contribution in [0.1, 0.15) is 5.69 Å². The standard InChI is InChI=1S/C19H23N7O2S/c1-29(27,28)22-18-8-5-9-19(20-18)25-12-10-24(11-13-25)14-16-15-26(23-21-16)17-6-3-2-4-7-17/h2-9,15H,10-14H2,1H3,(H,20,22). The van der Waals surface area contributed by atoms with Gasteiger partial charge in [0.2, 0.25) is 10.0 Å². The molecule has 0 radical (unpaired) electrons. The van der Waals surface area contributed by atoms with Crippen molar-refractivity contribution in [3.05, 3.63) is 60.4 Å². The molecule has 3 aromatic rings. The molecule has 29 heavy (non-hydrogen) atoms. The number of hydrogen-bond donors (Lipinski definition) is 1. The van der Waals surface area contributed by atoms with Crippen molar-refractivity contribution < 1.29 is 8.42 Å². The summed E-state index contributed by atoms with van der Waals surface area (Å²) in [6.07, 6.45) is 3.08. The van der Waals surface area contributed by atoms with Gasteiger partial charge in [0.1, 0.15) is 11.6 Å². The first kappa shape index (κ1) is 19.3. The second-order valence-corrected chi connectivity index (χ2v) is 8.76. The molecule has 1 aliphatic heterocycles. The van der Waals surface area contributed by atoms with E-state index in [0.717, 1.165) is 56.2 Å². The van der Waals surface area contributed by atoms with E-state index in [1.54, 1.807) is 10.7 Å². The Morgan fingerprint density at radius 2 is 1.76 bits per heavy atom. The van der Waals surface area contributed by atoms with Crippen LogP contribution in [0.25, 0.3) is 5.69 Å². The summed E-state index contributed by atoms with van der Waals surface area (Å²) in [6.45, 7) is 4.08. The van der Waals surface area contributed by atoms with Crippen LogP contribution in [0.15, 0.2) is 54.7 Å². The number of para-hydroxylation sites is 1. The molecular weight excluding hydrogens is 390 g/mol. The zero-order chi connectivity index (χ0) is 20.3. The van der Waals surface area contributed by atoms with E-state index in [1.165, 1.54) is 0 Å². The third-order valence-corrected chi connectivity index (χ3v) is 5.25. The molecule has 1 fully saturated rings.